The van der Waals surface area contributed by atoms with E-state index in [1.165, 1.54) is 6.20 Å². The molecule has 2 N–H and O–H groups in total. The number of benzene rings is 1. The lowest BCUT2D eigenvalue weighted by Crippen LogP contribution is -2.33. The van der Waals surface area contributed by atoms with Crippen molar-refractivity contribution in [1.82, 2.24) is 15.0 Å². The number of nitrogens with zero attached hydrogens (tertiary/aromatic N) is 1. The summed E-state index contributed by atoms with van der Waals surface area (Å²) in [5.74, 6) is -0.943. The third-order valence-corrected chi connectivity index (χ3v) is 4.90. The molecular weight excluding hydrogens is 371 g/mol. The van der Waals surface area contributed by atoms with Crippen LogP contribution in [0.25, 0.3) is 0 Å². The quantitative estimate of drug-likeness (QED) is 0.797. The van der Waals surface area contributed by atoms with Gasteiger partial charge in [-0.3, -0.25) is 9.78 Å². The van der Waals surface area contributed by atoms with E-state index in [0.29, 0.717) is 5.69 Å². The van der Waals surface area contributed by atoms with Crippen molar-refractivity contribution in [2.45, 2.75) is 24.0 Å². The van der Waals surface area contributed by atoms with Crippen LogP contribution in [0.2, 0.25) is 0 Å². The van der Waals surface area contributed by atoms with Crippen molar-refractivity contribution in [2.75, 3.05) is 6.54 Å². The molecule has 1 aromatic heterocycles. The Morgan fingerprint density at radius 1 is 1.15 bits per heavy atom. The van der Waals surface area contributed by atoms with Crippen molar-refractivity contribution >= 4 is 15.9 Å². The van der Waals surface area contributed by atoms with Crippen LogP contribution in [-0.4, -0.2) is 32.0 Å². The van der Waals surface area contributed by atoms with E-state index in [1.807, 2.05) is 0 Å². The van der Waals surface area contributed by atoms with Gasteiger partial charge >= 0.3 is 6.18 Å². The van der Waals surface area contributed by atoms with Gasteiger partial charge in [-0.1, -0.05) is 6.07 Å². The van der Waals surface area contributed by atoms with E-state index in [9.17, 15) is 26.4 Å². The fraction of sp³-hybridized carbons (Fsp3) is 0.250. The zero-order valence-electron chi connectivity index (χ0n) is 13.6. The summed E-state index contributed by atoms with van der Waals surface area (Å²) in [4.78, 5) is 15.6. The predicted octanol–water partition coefficient (Wildman–Crippen LogP) is 2.41. The van der Waals surface area contributed by atoms with E-state index in [2.05, 4.69) is 9.71 Å². The molecule has 1 atom stereocenters. The predicted molar refractivity (Wildman–Crippen MR) is 87.8 cm³/mol. The zero-order valence-corrected chi connectivity index (χ0v) is 14.4. The van der Waals surface area contributed by atoms with Crippen LogP contribution in [0.5, 0.6) is 0 Å². The molecule has 1 aromatic carbocycles. The van der Waals surface area contributed by atoms with Gasteiger partial charge in [0.15, 0.2) is 0 Å². The molecule has 0 aliphatic heterocycles. The minimum Gasteiger partial charge on any atom is -0.343 e. The van der Waals surface area contributed by atoms with Crippen molar-refractivity contribution in [1.29, 1.82) is 0 Å². The van der Waals surface area contributed by atoms with Crippen LogP contribution in [0.3, 0.4) is 0 Å². The van der Waals surface area contributed by atoms with Crippen LogP contribution in [0.4, 0.5) is 13.2 Å². The minimum absolute atomic E-state index is 0.0778. The molecule has 26 heavy (non-hydrogen) atoms. The summed E-state index contributed by atoms with van der Waals surface area (Å²) in [7, 11) is -3.89. The van der Waals surface area contributed by atoms with E-state index < -0.39 is 34.7 Å². The number of aromatic nitrogens is 1. The second-order valence-electron chi connectivity index (χ2n) is 5.42. The Balaban J connectivity index is 2.07. The van der Waals surface area contributed by atoms with Gasteiger partial charge in [0, 0.05) is 11.8 Å². The highest BCUT2D eigenvalue weighted by Crippen LogP contribution is 2.16. The highest BCUT2D eigenvalue weighted by Gasteiger charge is 2.28. The standard InChI is InChI=1S/C16H16F3N3O3S/c1-11(14-4-2-3-9-20-14)22-26(24,25)13-7-5-12(6-8-13)15(23)21-10-16(17,18)19/h2-9,11,22H,10H2,1H3,(H,21,23). The summed E-state index contributed by atoms with van der Waals surface area (Å²) in [5.41, 5.74) is 0.449. The summed E-state index contributed by atoms with van der Waals surface area (Å²) in [6.07, 6.45) is -2.99. The van der Waals surface area contributed by atoms with Gasteiger partial charge in [0.1, 0.15) is 6.54 Å². The van der Waals surface area contributed by atoms with Crippen LogP contribution >= 0.6 is 0 Å². The van der Waals surface area contributed by atoms with Crippen LogP contribution < -0.4 is 10.0 Å². The maximum atomic E-state index is 12.4. The number of hydrogen-bond donors (Lipinski definition) is 2. The fourth-order valence-corrected chi connectivity index (χ4v) is 3.28. The molecule has 1 unspecified atom stereocenters. The van der Waals surface area contributed by atoms with E-state index >= 15 is 0 Å². The number of nitrogens with one attached hydrogen (secondary N) is 2. The fourth-order valence-electron chi connectivity index (χ4n) is 2.06. The number of hydrogen-bond acceptors (Lipinski definition) is 4. The topological polar surface area (TPSA) is 88.2 Å². The highest BCUT2D eigenvalue weighted by molar-refractivity contribution is 7.89. The number of pyridine rings is 1. The number of sulfonamides is 1. The number of alkyl halides is 3. The number of amides is 1. The first-order chi connectivity index (χ1) is 12.1. The highest BCUT2D eigenvalue weighted by atomic mass is 32.2. The summed E-state index contributed by atoms with van der Waals surface area (Å²) in [5, 5.41) is 1.71. The molecule has 0 bridgehead atoms. The number of halogens is 3. The average molecular weight is 387 g/mol. The van der Waals surface area contributed by atoms with Gasteiger partial charge in [-0.2, -0.15) is 13.2 Å². The Kier molecular flexibility index (Phi) is 5.98. The Bertz CT molecular complexity index is 854. The molecular formula is C16H16F3N3O3S. The summed E-state index contributed by atoms with van der Waals surface area (Å²) >= 11 is 0. The average Bonchev–Trinajstić information content (AvgIpc) is 2.59. The third-order valence-electron chi connectivity index (χ3n) is 3.34. The molecule has 0 radical (unpaired) electrons. The number of rotatable bonds is 6. The molecule has 6 nitrogen and oxygen atoms in total. The van der Waals surface area contributed by atoms with E-state index in [4.69, 9.17) is 0 Å². The Labute approximate surface area is 148 Å². The van der Waals surface area contributed by atoms with Crippen molar-refractivity contribution in [3.8, 4) is 0 Å². The van der Waals surface area contributed by atoms with Crippen molar-refractivity contribution in [3.05, 3.63) is 59.9 Å². The van der Waals surface area contributed by atoms with Gasteiger partial charge in [-0.15, -0.1) is 0 Å². The first-order valence-corrected chi connectivity index (χ1v) is 8.95. The van der Waals surface area contributed by atoms with Crippen molar-refractivity contribution in [3.63, 3.8) is 0 Å². The lowest BCUT2D eigenvalue weighted by atomic mass is 10.2. The Morgan fingerprint density at radius 3 is 2.35 bits per heavy atom. The van der Waals surface area contributed by atoms with Gasteiger partial charge in [-0.05, 0) is 43.3 Å². The lowest BCUT2D eigenvalue weighted by Gasteiger charge is -2.14. The summed E-state index contributed by atoms with van der Waals surface area (Å²) in [6, 6.07) is 9.09. The molecule has 2 rings (SSSR count). The number of carbonyl (C=O) groups excluding carboxylic acids is 1. The second kappa shape index (κ2) is 7.83. The number of carbonyl (C=O) groups is 1. The zero-order chi connectivity index (χ0) is 19.4. The van der Waals surface area contributed by atoms with Crippen molar-refractivity contribution < 1.29 is 26.4 Å². The molecule has 0 fully saturated rings. The van der Waals surface area contributed by atoms with Crippen molar-refractivity contribution in [2.24, 2.45) is 0 Å². The SMILES string of the molecule is CC(NS(=O)(=O)c1ccc(C(=O)NCC(F)(F)F)cc1)c1ccccn1. The van der Waals surface area contributed by atoms with Gasteiger partial charge in [0.25, 0.3) is 5.91 Å². The normalized spacial score (nSPS) is 13.2. The molecule has 0 aliphatic carbocycles. The molecule has 0 saturated heterocycles. The summed E-state index contributed by atoms with van der Waals surface area (Å²) in [6.45, 7) is 0.161. The lowest BCUT2D eigenvalue weighted by molar-refractivity contribution is -0.123. The largest absolute Gasteiger partial charge is 0.405 e. The van der Waals surface area contributed by atoms with Gasteiger partial charge < -0.3 is 5.32 Å². The molecule has 10 heteroatoms. The second-order valence-corrected chi connectivity index (χ2v) is 7.13. The molecule has 2 aromatic rings. The first kappa shape index (κ1) is 19.9. The van der Waals surface area contributed by atoms with Crippen LogP contribution in [-0.2, 0) is 10.0 Å². The Morgan fingerprint density at radius 2 is 1.81 bits per heavy atom. The smallest absolute Gasteiger partial charge is 0.343 e. The molecule has 1 amide bonds. The monoisotopic (exact) mass is 387 g/mol. The van der Waals surface area contributed by atoms with Crippen LogP contribution in [0.15, 0.2) is 53.6 Å². The van der Waals surface area contributed by atoms with Gasteiger partial charge in [-0.25, -0.2) is 13.1 Å². The van der Waals surface area contributed by atoms with Gasteiger partial charge in [0.05, 0.1) is 16.6 Å². The van der Waals surface area contributed by atoms with E-state index in [1.54, 1.807) is 30.4 Å². The molecule has 0 spiro atoms. The summed E-state index contributed by atoms with van der Waals surface area (Å²) < 4.78 is 63.5. The van der Waals surface area contributed by atoms with Crippen LogP contribution in [0.1, 0.15) is 29.0 Å². The van der Waals surface area contributed by atoms with Crippen LogP contribution in [0, 0.1) is 0 Å². The maximum Gasteiger partial charge on any atom is 0.405 e. The first-order valence-electron chi connectivity index (χ1n) is 7.47. The van der Waals surface area contributed by atoms with Gasteiger partial charge in [0.2, 0.25) is 10.0 Å². The molecule has 1 heterocycles. The van der Waals surface area contributed by atoms with E-state index in [-0.39, 0.29) is 10.5 Å². The Hall–Kier alpha value is -2.46. The minimum atomic E-state index is -4.52. The maximum absolute atomic E-state index is 12.4. The van der Waals surface area contributed by atoms with E-state index in [0.717, 1.165) is 24.3 Å². The molecule has 140 valence electrons. The molecule has 0 saturated carbocycles. The molecule has 0 aliphatic rings. The third kappa shape index (κ3) is 5.53.